The minimum absolute atomic E-state index is 0.133. The van der Waals surface area contributed by atoms with Gasteiger partial charge in [0.2, 0.25) is 5.91 Å². The molecule has 0 aromatic rings. The van der Waals surface area contributed by atoms with E-state index in [0.717, 1.165) is 26.1 Å². The third-order valence-corrected chi connectivity index (χ3v) is 3.18. The van der Waals surface area contributed by atoms with E-state index in [4.69, 9.17) is 10.5 Å². The minimum Gasteiger partial charge on any atom is -0.377 e. The topological polar surface area (TPSA) is 58.8 Å². The summed E-state index contributed by atoms with van der Waals surface area (Å²) in [6.07, 6.45) is 1.73. The van der Waals surface area contributed by atoms with Crippen LogP contribution in [0.4, 0.5) is 0 Å². The molecule has 2 atom stereocenters. The Kier molecular flexibility index (Phi) is 5.88. The largest absolute Gasteiger partial charge is 0.377 e. The quantitative estimate of drug-likeness (QED) is 0.749. The number of nitrogens with two attached hydrogens (primary N) is 1. The fraction of sp³-hybridized carbons (Fsp3) is 0.917. The lowest BCUT2D eigenvalue weighted by atomic mass is 10.1. The highest BCUT2D eigenvalue weighted by Gasteiger charge is 2.24. The first kappa shape index (κ1) is 14.4. The van der Waals surface area contributed by atoms with Crippen LogP contribution >= 0.6 is 0 Å². The highest BCUT2D eigenvalue weighted by atomic mass is 16.5. The summed E-state index contributed by atoms with van der Waals surface area (Å²) in [5.41, 5.74) is 5.80. The van der Waals surface area contributed by atoms with Crippen LogP contribution < -0.4 is 5.73 Å². The lowest BCUT2D eigenvalue weighted by molar-refractivity contribution is -0.130. The highest BCUT2D eigenvalue weighted by molar-refractivity contribution is 5.76. The van der Waals surface area contributed by atoms with Gasteiger partial charge in [0, 0.05) is 52.8 Å². The molecule has 2 unspecified atom stereocenters. The van der Waals surface area contributed by atoms with Gasteiger partial charge in [0.05, 0.1) is 6.10 Å². The molecule has 0 aliphatic carbocycles. The molecule has 0 bridgehead atoms. The molecule has 0 aromatic carbocycles. The van der Waals surface area contributed by atoms with Crippen LogP contribution in [-0.2, 0) is 9.53 Å². The van der Waals surface area contributed by atoms with Crippen LogP contribution in [0.2, 0.25) is 0 Å². The van der Waals surface area contributed by atoms with E-state index in [1.807, 2.05) is 0 Å². The molecule has 0 aromatic heterocycles. The second kappa shape index (κ2) is 6.93. The van der Waals surface area contributed by atoms with Crippen LogP contribution in [0.15, 0.2) is 0 Å². The summed E-state index contributed by atoms with van der Waals surface area (Å²) in [5, 5.41) is 0. The van der Waals surface area contributed by atoms with E-state index in [9.17, 15) is 4.79 Å². The number of hydrogen-bond acceptors (Lipinski definition) is 4. The normalized spacial score (nSPS) is 24.1. The predicted molar refractivity (Wildman–Crippen MR) is 67.8 cm³/mol. The fourth-order valence-electron chi connectivity index (χ4n) is 2.10. The summed E-state index contributed by atoms with van der Waals surface area (Å²) >= 11 is 0. The number of hydrogen-bond donors (Lipinski definition) is 1. The molecule has 1 amide bonds. The van der Waals surface area contributed by atoms with Crippen molar-refractivity contribution in [2.75, 3.05) is 40.3 Å². The molecule has 1 fully saturated rings. The van der Waals surface area contributed by atoms with E-state index in [1.54, 1.807) is 19.0 Å². The van der Waals surface area contributed by atoms with Crippen LogP contribution in [0.3, 0.4) is 0 Å². The second-order valence-corrected chi connectivity index (χ2v) is 4.91. The number of amides is 1. The summed E-state index contributed by atoms with van der Waals surface area (Å²) in [6.45, 7) is 5.22. The van der Waals surface area contributed by atoms with E-state index >= 15 is 0 Å². The van der Waals surface area contributed by atoms with E-state index in [2.05, 4.69) is 11.8 Å². The van der Waals surface area contributed by atoms with Gasteiger partial charge in [0.25, 0.3) is 0 Å². The van der Waals surface area contributed by atoms with E-state index in [0.29, 0.717) is 13.0 Å². The molecular weight excluding hydrogens is 218 g/mol. The molecule has 17 heavy (non-hydrogen) atoms. The van der Waals surface area contributed by atoms with Gasteiger partial charge in [-0.15, -0.1) is 0 Å². The zero-order valence-corrected chi connectivity index (χ0v) is 11.2. The first-order valence-corrected chi connectivity index (χ1v) is 6.30. The van der Waals surface area contributed by atoms with Crippen molar-refractivity contribution in [3.63, 3.8) is 0 Å². The van der Waals surface area contributed by atoms with Gasteiger partial charge in [0.1, 0.15) is 0 Å². The maximum atomic E-state index is 11.7. The maximum absolute atomic E-state index is 11.7. The molecule has 1 heterocycles. The number of nitrogens with zero attached hydrogens (tertiary/aromatic N) is 2. The van der Waals surface area contributed by atoms with Crippen molar-refractivity contribution >= 4 is 5.91 Å². The Bertz CT molecular complexity index is 246. The Hall–Kier alpha value is -0.650. The smallest absolute Gasteiger partial charge is 0.223 e. The summed E-state index contributed by atoms with van der Waals surface area (Å²) in [6, 6.07) is 0.133. The Labute approximate surface area is 104 Å². The van der Waals surface area contributed by atoms with E-state index < -0.39 is 0 Å². The number of rotatable bonds is 4. The Morgan fingerprint density at radius 1 is 1.59 bits per heavy atom. The zero-order chi connectivity index (χ0) is 12.8. The van der Waals surface area contributed by atoms with Gasteiger partial charge in [-0.2, -0.15) is 0 Å². The summed E-state index contributed by atoms with van der Waals surface area (Å²) in [5.74, 6) is 0.137. The number of carbonyl (C=O) groups is 1. The van der Waals surface area contributed by atoms with Crippen LogP contribution in [0.1, 0.15) is 19.8 Å². The van der Waals surface area contributed by atoms with Gasteiger partial charge in [-0.3, -0.25) is 9.69 Å². The molecule has 1 aliphatic rings. The first-order chi connectivity index (χ1) is 8.04. The van der Waals surface area contributed by atoms with Crippen LogP contribution in [0.25, 0.3) is 0 Å². The average Bonchev–Trinajstić information content (AvgIpc) is 2.50. The predicted octanol–water partition coefficient (Wildman–Crippen LogP) is -0.0972. The molecule has 5 heteroatoms. The molecule has 1 aliphatic heterocycles. The third kappa shape index (κ3) is 4.61. The Balaban J connectivity index is 2.55. The van der Waals surface area contributed by atoms with E-state index in [1.165, 1.54) is 0 Å². The van der Waals surface area contributed by atoms with Gasteiger partial charge in [0.15, 0.2) is 0 Å². The Morgan fingerprint density at radius 2 is 2.29 bits per heavy atom. The van der Waals surface area contributed by atoms with Crippen molar-refractivity contribution in [2.24, 2.45) is 5.73 Å². The van der Waals surface area contributed by atoms with Gasteiger partial charge in [-0.05, 0) is 13.3 Å². The minimum atomic E-state index is 0.133. The fourth-order valence-corrected chi connectivity index (χ4v) is 2.10. The van der Waals surface area contributed by atoms with Crippen LogP contribution in [0, 0.1) is 0 Å². The summed E-state index contributed by atoms with van der Waals surface area (Å²) < 4.78 is 5.60. The second-order valence-electron chi connectivity index (χ2n) is 4.91. The lowest BCUT2D eigenvalue weighted by Crippen LogP contribution is -2.46. The van der Waals surface area contributed by atoms with Crippen molar-refractivity contribution in [1.82, 2.24) is 9.80 Å². The van der Waals surface area contributed by atoms with Crippen molar-refractivity contribution in [2.45, 2.75) is 31.9 Å². The van der Waals surface area contributed by atoms with Gasteiger partial charge in [-0.1, -0.05) is 0 Å². The first-order valence-electron chi connectivity index (χ1n) is 6.30. The van der Waals surface area contributed by atoms with Gasteiger partial charge in [-0.25, -0.2) is 0 Å². The maximum Gasteiger partial charge on any atom is 0.223 e. The molecule has 5 nitrogen and oxygen atoms in total. The molecule has 0 spiro atoms. The lowest BCUT2D eigenvalue weighted by Gasteiger charge is -2.30. The molecule has 1 saturated heterocycles. The Morgan fingerprint density at radius 3 is 2.88 bits per heavy atom. The van der Waals surface area contributed by atoms with Crippen molar-refractivity contribution in [3.05, 3.63) is 0 Å². The molecular formula is C12H25N3O2. The summed E-state index contributed by atoms with van der Waals surface area (Å²) in [7, 11) is 3.56. The molecule has 0 radical (unpaired) electrons. The zero-order valence-electron chi connectivity index (χ0n) is 11.2. The molecule has 0 saturated carbocycles. The SMILES string of the molecule is CC1CN(C(CN)CC(=O)N(C)C)CCCO1. The summed E-state index contributed by atoms with van der Waals surface area (Å²) in [4.78, 5) is 15.7. The standard InChI is InChI=1S/C12H25N3O2/c1-10-9-15(5-4-6-17-10)11(8-13)7-12(16)14(2)3/h10-11H,4-9,13H2,1-3H3. The van der Waals surface area contributed by atoms with Gasteiger partial charge < -0.3 is 15.4 Å². The number of carbonyl (C=O) groups excluding carboxylic acids is 1. The van der Waals surface area contributed by atoms with Crippen LogP contribution in [0.5, 0.6) is 0 Å². The highest BCUT2D eigenvalue weighted by Crippen LogP contribution is 2.11. The monoisotopic (exact) mass is 243 g/mol. The molecule has 100 valence electrons. The van der Waals surface area contributed by atoms with Crippen molar-refractivity contribution in [3.8, 4) is 0 Å². The molecule has 1 rings (SSSR count). The average molecular weight is 243 g/mol. The van der Waals surface area contributed by atoms with Gasteiger partial charge >= 0.3 is 0 Å². The molecule has 2 N–H and O–H groups in total. The van der Waals surface area contributed by atoms with Crippen molar-refractivity contribution < 1.29 is 9.53 Å². The van der Waals surface area contributed by atoms with E-state index in [-0.39, 0.29) is 18.1 Å². The number of ether oxygens (including phenoxy) is 1. The van der Waals surface area contributed by atoms with Crippen molar-refractivity contribution in [1.29, 1.82) is 0 Å². The van der Waals surface area contributed by atoms with Crippen LogP contribution in [-0.4, -0.2) is 68.2 Å². The third-order valence-electron chi connectivity index (χ3n) is 3.18.